The van der Waals surface area contributed by atoms with Gasteiger partial charge in [-0.25, -0.2) is 9.67 Å². The summed E-state index contributed by atoms with van der Waals surface area (Å²) >= 11 is 1.59. The fraction of sp³-hybridized carbons (Fsp3) is 0.250. The van der Waals surface area contributed by atoms with Crippen LogP contribution in [0.15, 0.2) is 29.9 Å². The number of nitrogens with zero attached hydrogens (tertiary/aromatic N) is 4. The van der Waals surface area contributed by atoms with Crippen LogP contribution in [0.2, 0.25) is 0 Å². The Morgan fingerprint density at radius 1 is 1.33 bits per heavy atom. The lowest BCUT2D eigenvalue weighted by molar-refractivity contribution is 0.0737. The largest absolute Gasteiger partial charge is 0.384 e. The van der Waals surface area contributed by atoms with E-state index in [1.54, 1.807) is 36.1 Å². The second kappa shape index (κ2) is 3.86. The topological polar surface area (TPSA) is 63.8 Å². The minimum absolute atomic E-state index is 0.548. The van der Waals surface area contributed by atoms with Crippen molar-refractivity contribution in [2.24, 2.45) is 0 Å². The highest BCUT2D eigenvalue weighted by atomic mass is 32.1. The molecular weight excluding hydrogens is 248 g/mol. The molecule has 3 rings (SSSR count). The summed E-state index contributed by atoms with van der Waals surface area (Å²) in [6.45, 7) is 3.38. The summed E-state index contributed by atoms with van der Waals surface area (Å²) in [6.07, 6.45) is 1.74. The van der Waals surface area contributed by atoms with Crippen molar-refractivity contribution in [3.05, 3.63) is 35.6 Å². The monoisotopic (exact) mass is 260 g/mol. The molecule has 3 aromatic rings. The smallest absolute Gasteiger partial charge is 0.114 e. The van der Waals surface area contributed by atoms with E-state index in [9.17, 15) is 5.11 Å². The normalized spacial score (nSPS) is 12.2. The second-order valence-corrected chi connectivity index (χ2v) is 5.50. The molecule has 0 atom stereocenters. The molecule has 0 spiro atoms. The van der Waals surface area contributed by atoms with Gasteiger partial charge in [-0.3, -0.25) is 0 Å². The maximum absolute atomic E-state index is 9.86. The lowest BCUT2D eigenvalue weighted by Crippen LogP contribution is -2.15. The van der Waals surface area contributed by atoms with Gasteiger partial charge in [-0.1, -0.05) is 5.21 Å². The first-order valence-corrected chi connectivity index (χ1v) is 6.41. The lowest BCUT2D eigenvalue weighted by Gasteiger charge is -2.11. The molecule has 0 aliphatic carbocycles. The average Bonchev–Trinajstić information content (AvgIpc) is 2.96. The van der Waals surface area contributed by atoms with E-state index < -0.39 is 5.60 Å². The summed E-state index contributed by atoms with van der Waals surface area (Å²) < 4.78 is 2.76. The Morgan fingerprint density at radius 2 is 2.17 bits per heavy atom. The zero-order chi connectivity index (χ0) is 12.8. The molecule has 5 nitrogen and oxygen atoms in total. The Hall–Kier alpha value is -1.79. The molecule has 0 unspecified atom stereocenters. The quantitative estimate of drug-likeness (QED) is 0.766. The highest BCUT2D eigenvalue weighted by molar-refractivity contribution is 7.16. The van der Waals surface area contributed by atoms with E-state index in [0.717, 1.165) is 15.9 Å². The number of hydrogen-bond acceptors (Lipinski definition) is 5. The van der Waals surface area contributed by atoms with Crippen LogP contribution in [0, 0.1) is 0 Å². The van der Waals surface area contributed by atoms with E-state index in [1.165, 1.54) is 0 Å². The number of hydrogen-bond donors (Lipinski definition) is 1. The van der Waals surface area contributed by atoms with Crippen molar-refractivity contribution in [1.29, 1.82) is 0 Å². The Labute approximate surface area is 108 Å². The summed E-state index contributed by atoms with van der Waals surface area (Å²) in [5.74, 6) is 0. The third-order valence-electron chi connectivity index (χ3n) is 2.70. The first-order valence-electron chi connectivity index (χ1n) is 5.53. The number of thiazole rings is 1. The van der Waals surface area contributed by atoms with Gasteiger partial charge in [-0.15, -0.1) is 16.4 Å². The van der Waals surface area contributed by atoms with Gasteiger partial charge in [-0.05, 0) is 32.0 Å². The van der Waals surface area contributed by atoms with E-state index in [4.69, 9.17) is 0 Å². The van der Waals surface area contributed by atoms with Crippen LogP contribution in [-0.2, 0) is 5.60 Å². The van der Waals surface area contributed by atoms with Crippen LogP contribution >= 0.6 is 11.3 Å². The molecular formula is C12H12N4OS. The molecule has 1 aromatic carbocycles. The van der Waals surface area contributed by atoms with Crippen molar-refractivity contribution < 1.29 is 5.11 Å². The van der Waals surface area contributed by atoms with Crippen LogP contribution in [0.25, 0.3) is 15.9 Å². The number of benzene rings is 1. The number of aliphatic hydroxyl groups is 1. The predicted octanol–water partition coefficient (Wildman–Crippen LogP) is 2.10. The van der Waals surface area contributed by atoms with E-state index in [0.29, 0.717) is 5.69 Å². The molecule has 0 saturated heterocycles. The predicted molar refractivity (Wildman–Crippen MR) is 69.8 cm³/mol. The summed E-state index contributed by atoms with van der Waals surface area (Å²) in [7, 11) is 0. The van der Waals surface area contributed by atoms with Crippen molar-refractivity contribution in [1.82, 2.24) is 20.0 Å². The van der Waals surface area contributed by atoms with Crippen LogP contribution in [-0.4, -0.2) is 25.1 Å². The van der Waals surface area contributed by atoms with Crippen LogP contribution < -0.4 is 0 Å². The SMILES string of the molecule is CC(C)(O)c1cn(-c2ccc3ncsc3c2)nn1. The minimum atomic E-state index is -0.979. The van der Waals surface area contributed by atoms with Gasteiger partial charge in [0.1, 0.15) is 11.3 Å². The van der Waals surface area contributed by atoms with Crippen molar-refractivity contribution in [3.8, 4) is 5.69 Å². The van der Waals surface area contributed by atoms with E-state index in [2.05, 4.69) is 15.3 Å². The maximum atomic E-state index is 9.86. The van der Waals surface area contributed by atoms with Crippen molar-refractivity contribution >= 4 is 21.6 Å². The van der Waals surface area contributed by atoms with Crippen molar-refractivity contribution in [2.75, 3.05) is 0 Å². The Morgan fingerprint density at radius 3 is 2.89 bits per heavy atom. The van der Waals surface area contributed by atoms with Crippen LogP contribution in [0.3, 0.4) is 0 Å². The molecule has 1 N–H and O–H groups in total. The zero-order valence-electron chi connectivity index (χ0n) is 10.0. The van der Waals surface area contributed by atoms with E-state index in [-0.39, 0.29) is 0 Å². The first kappa shape index (κ1) is 11.3. The lowest BCUT2D eigenvalue weighted by atomic mass is 10.1. The van der Waals surface area contributed by atoms with Gasteiger partial charge in [0, 0.05) is 0 Å². The summed E-state index contributed by atoms with van der Waals surface area (Å²) in [4.78, 5) is 4.23. The highest BCUT2D eigenvalue weighted by Gasteiger charge is 2.20. The van der Waals surface area contributed by atoms with Gasteiger partial charge < -0.3 is 5.11 Å². The molecule has 0 radical (unpaired) electrons. The highest BCUT2D eigenvalue weighted by Crippen LogP contribution is 2.22. The number of aromatic nitrogens is 4. The summed E-state index contributed by atoms with van der Waals surface area (Å²) in [6, 6.07) is 5.90. The van der Waals surface area contributed by atoms with Gasteiger partial charge in [0.25, 0.3) is 0 Å². The molecule has 0 aliphatic heterocycles. The average molecular weight is 260 g/mol. The Kier molecular flexibility index (Phi) is 2.42. The molecule has 2 aromatic heterocycles. The molecule has 92 valence electrons. The zero-order valence-corrected chi connectivity index (χ0v) is 10.8. The first-order chi connectivity index (χ1) is 8.54. The molecule has 2 heterocycles. The molecule has 0 amide bonds. The van der Waals surface area contributed by atoms with Gasteiger partial charge in [0.15, 0.2) is 0 Å². The van der Waals surface area contributed by atoms with Crippen LogP contribution in [0.4, 0.5) is 0 Å². The molecule has 0 bridgehead atoms. The molecule has 6 heteroatoms. The molecule has 0 aliphatic rings. The maximum Gasteiger partial charge on any atom is 0.114 e. The van der Waals surface area contributed by atoms with Crippen molar-refractivity contribution in [2.45, 2.75) is 19.4 Å². The number of fused-ring (bicyclic) bond motifs is 1. The third kappa shape index (κ3) is 1.89. The van der Waals surface area contributed by atoms with Gasteiger partial charge in [0.05, 0.1) is 27.6 Å². The Bertz CT molecular complexity index is 695. The molecule has 0 fully saturated rings. The fourth-order valence-corrected chi connectivity index (χ4v) is 2.37. The minimum Gasteiger partial charge on any atom is -0.384 e. The van der Waals surface area contributed by atoms with E-state index in [1.807, 2.05) is 23.7 Å². The van der Waals surface area contributed by atoms with Gasteiger partial charge in [-0.2, -0.15) is 0 Å². The Balaban J connectivity index is 2.06. The summed E-state index contributed by atoms with van der Waals surface area (Å²) in [5.41, 5.74) is 3.28. The fourth-order valence-electron chi connectivity index (χ4n) is 1.66. The van der Waals surface area contributed by atoms with Crippen LogP contribution in [0.5, 0.6) is 0 Å². The van der Waals surface area contributed by atoms with E-state index >= 15 is 0 Å². The van der Waals surface area contributed by atoms with Gasteiger partial charge in [0.2, 0.25) is 0 Å². The third-order valence-corrected chi connectivity index (χ3v) is 3.49. The standard InChI is InChI=1S/C12H12N4OS/c1-12(2,17)11-6-16(15-14-11)8-3-4-9-10(5-8)18-7-13-9/h3-7,17H,1-2H3. The summed E-state index contributed by atoms with van der Waals surface area (Å²) in [5, 5.41) is 17.9. The molecule has 0 saturated carbocycles. The van der Waals surface area contributed by atoms with Crippen molar-refractivity contribution in [3.63, 3.8) is 0 Å². The number of rotatable bonds is 2. The van der Waals surface area contributed by atoms with Gasteiger partial charge >= 0.3 is 0 Å². The van der Waals surface area contributed by atoms with Crippen LogP contribution in [0.1, 0.15) is 19.5 Å². The molecule has 18 heavy (non-hydrogen) atoms. The second-order valence-electron chi connectivity index (χ2n) is 4.61.